The second kappa shape index (κ2) is 9.77. The van der Waals surface area contributed by atoms with Crippen LogP contribution in [0.2, 0.25) is 0 Å². The number of unbranched alkanes of at least 4 members (excludes halogenated alkanes) is 1. The van der Waals surface area contributed by atoms with E-state index >= 15 is 0 Å². The number of allylic oxidation sites excluding steroid dienone is 4. The van der Waals surface area contributed by atoms with Gasteiger partial charge in [-0.1, -0.05) is 42.5 Å². The van der Waals surface area contributed by atoms with E-state index in [-0.39, 0.29) is 5.24 Å². The van der Waals surface area contributed by atoms with Gasteiger partial charge in [0.1, 0.15) is 0 Å². The Morgan fingerprint density at radius 1 is 1.07 bits per heavy atom. The molecule has 0 amide bonds. The van der Waals surface area contributed by atoms with Gasteiger partial charge in [0, 0.05) is 23.6 Å². The van der Waals surface area contributed by atoms with Crippen LogP contribution in [-0.4, -0.2) is 34.3 Å². The number of likely N-dealkylation sites (tertiary alicyclic amines) is 1. The molecule has 29 heavy (non-hydrogen) atoms. The summed E-state index contributed by atoms with van der Waals surface area (Å²) in [4.78, 5) is 14.3. The fourth-order valence-corrected chi connectivity index (χ4v) is 5.04. The molecule has 1 aliphatic heterocycles. The van der Waals surface area contributed by atoms with E-state index in [1.807, 2.05) is 24.4 Å². The van der Waals surface area contributed by atoms with E-state index in [2.05, 4.69) is 39.8 Å². The summed E-state index contributed by atoms with van der Waals surface area (Å²) < 4.78 is 2.18. The summed E-state index contributed by atoms with van der Waals surface area (Å²) in [5.41, 5.74) is 1.72. The second-order valence-electron chi connectivity index (χ2n) is 8.56. The van der Waals surface area contributed by atoms with Gasteiger partial charge >= 0.3 is 0 Å². The monoisotopic (exact) mass is 410 g/mol. The lowest BCUT2D eigenvalue weighted by Gasteiger charge is -2.33. The van der Waals surface area contributed by atoms with Crippen molar-refractivity contribution in [2.75, 3.05) is 19.6 Å². The molecule has 0 radical (unpaired) electrons. The van der Waals surface area contributed by atoms with Crippen molar-refractivity contribution in [2.24, 2.45) is 11.8 Å². The predicted molar refractivity (Wildman–Crippen MR) is 122 cm³/mol. The number of carbonyl (C=O) groups excluding carboxylic acids is 1. The molecule has 1 unspecified atom stereocenters. The van der Waals surface area contributed by atoms with Crippen molar-refractivity contribution in [3.8, 4) is 0 Å². The van der Waals surface area contributed by atoms with Gasteiger partial charge in [0.25, 0.3) is 5.24 Å². The first-order valence-corrected chi connectivity index (χ1v) is 11.4. The Hall–Kier alpha value is -1.84. The lowest BCUT2D eigenvalue weighted by Crippen LogP contribution is -2.35. The van der Waals surface area contributed by atoms with Crippen LogP contribution < -0.4 is 0 Å². The first-order chi connectivity index (χ1) is 14.2. The molecule has 0 saturated carbocycles. The topological polar surface area (TPSA) is 25.2 Å². The molecule has 4 heteroatoms. The largest absolute Gasteiger partial charge is 0.347 e. The summed E-state index contributed by atoms with van der Waals surface area (Å²) >= 11 is 5.77. The molecule has 1 atom stereocenters. The summed E-state index contributed by atoms with van der Waals surface area (Å²) in [6.45, 7) is 4.60. The summed E-state index contributed by atoms with van der Waals surface area (Å²) in [6, 6.07) is 8.03. The van der Waals surface area contributed by atoms with E-state index in [0.717, 1.165) is 35.7 Å². The third kappa shape index (κ3) is 5.21. The van der Waals surface area contributed by atoms with Gasteiger partial charge < -0.3 is 9.47 Å². The van der Waals surface area contributed by atoms with Crippen molar-refractivity contribution >= 4 is 27.7 Å². The van der Waals surface area contributed by atoms with E-state index < -0.39 is 0 Å². The smallest absolute Gasteiger partial charge is 0.254 e. The Bertz CT molecular complexity index is 889. The van der Waals surface area contributed by atoms with Gasteiger partial charge in [0.2, 0.25) is 0 Å². The number of piperidine rings is 1. The number of nitrogens with zero attached hydrogens (tertiary/aromatic N) is 2. The Balaban J connectivity index is 1.20. The number of aryl methyl sites for hydroxylation is 1. The van der Waals surface area contributed by atoms with Crippen molar-refractivity contribution < 1.29 is 4.79 Å². The van der Waals surface area contributed by atoms with Crippen LogP contribution in [0.5, 0.6) is 0 Å². The number of hydrogen-bond donors (Lipinski definition) is 0. The highest BCUT2D eigenvalue weighted by atomic mass is 35.5. The van der Waals surface area contributed by atoms with Crippen LogP contribution in [0.15, 0.2) is 54.8 Å². The summed E-state index contributed by atoms with van der Waals surface area (Å²) in [5, 5.41) is 0.584. The molecule has 3 nitrogen and oxygen atoms in total. The number of fused-ring (bicyclic) bond motifs is 1. The van der Waals surface area contributed by atoms with Crippen LogP contribution in [0, 0.1) is 11.8 Å². The lowest BCUT2D eigenvalue weighted by atomic mass is 9.84. The predicted octanol–water partition coefficient (Wildman–Crippen LogP) is 6.03. The number of para-hydroxylation sites is 1. The lowest BCUT2D eigenvalue weighted by molar-refractivity contribution is 0.108. The van der Waals surface area contributed by atoms with Crippen LogP contribution in [0.1, 0.15) is 48.9 Å². The van der Waals surface area contributed by atoms with Crippen molar-refractivity contribution in [2.45, 2.75) is 45.1 Å². The van der Waals surface area contributed by atoms with Crippen molar-refractivity contribution in [3.05, 3.63) is 60.3 Å². The van der Waals surface area contributed by atoms with Crippen LogP contribution in [-0.2, 0) is 6.54 Å². The molecule has 4 rings (SSSR count). The summed E-state index contributed by atoms with van der Waals surface area (Å²) in [7, 11) is 0. The minimum Gasteiger partial charge on any atom is -0.347 e. The molecule has 154 valence electrons. The van der Waals surface area contributed by atoms with Crippen LogP contribution in [0.25, 0.3) is 10.9 Å². The quantitative estimate of drug-likeness (QED) is 0.391. The Labute approximate surface area is 179 Å². The normalized spacial score (nSPS) is 20.5. The third-order valence-corrected chi connectivity index (χ3v) is 6.74. The molecule has 1 saturated heterocycles. The highest BCUT2D eigenvalue weighted by molar-refractivity contribution is 6.68. The molecule has 1 fully saturated rings. The fourth-order valence-electron chi connectivity index (χ4n) is 4.89. The number of aromatic nitrogens is 1. The second-order valence-corrected chi connectivity index (χ2v) is 8.91. The van der Waals surface area contributed by atoms with Gasteiger partial charge in [-0.3, -0.25) is 4.79 Å². The minimum atomic E-state index is -0.373. The molecule has 2 aliphatic rings. The Morgan fingerprint density at radius 3 is 2.62 bits per heavy atom. The Kier molecular flexibility index (Phi) is 6.89. The van der Waals surface area contributed by atoms with E-state index in [4.69, 9.17) is 11.6 Å². The van der Waals surface area contributed by atoms with E-state index in [9.17, 15) is 4.79 Å². The fraction of sp³-hybridized carbons (Fsp3) is 0.480. The van der Waals surface area contributed by atoms with E-state index in [1.54, 1.807) is 0 Å². The maximum absolute atomic E-state index is 11.7. The zero-order valence-electron chi connectivity index (χ0n) is 17.1. The van der Waals surface area contributed by atoms with Crippen LogP contribution >= 0.6 is 11.6 Å². The maximum atomic E-state index is 11.7. The zero-order valence-corrected chi connectivity index (χ0v) is 17.9. The SMILES string of the molecule is O=C(Cl)c1cn(CCCCN2CCC(CC3C=CC=CC3)CC2)c2ccccc12. The van der Waals surface area contributed by atoms with E-state index in [1.165, 1.54) is 51.7 Å². The molecular weight excluding hydrogens is 380 g/mol. The molecule has 0 spiro atoms. The molecule has 2 heterocycles. The highest BCUT2D eigenvalue weighted by Gasteiger charge is 2.21. The number of hydrogen-bond acceptors (Lipinski definition) is 2. The number of halogens is 1. The van der Waals surface area contributed by atoms with Gasteiger partial charge in [-0.2, -0.15) is 0 Å². The van der Waals surface area contributed by atoms with Gasteiger partial charge in [-0.25, -0.2) is 0 Å². The van der Waals surface area contributed by atoms with Gasteiger partial charge in [-0.15, -0.1) is 0 Å². The van der Waals surface area contributed by atoms with Gasteiger partial charge in [-0.05, 0) is 87.7 Å². The van der Waals surface area contributed by atoms with Crippen molar-refractivity contribution in [1.29, 1.82) is 0 Å². The first-order valence-electron chi connectivity index (χ1n) is 11.0. The average molecular weight is 411 g/mol. The molecule has 1 aromatic carbocycles. The number of rotatable bonds is 8. The first kappa shape index (κ1) is 20.4. The van der Waals surface area contributed by atoms with Crippen LogP contribution in [0.3, 0.4) is 0 Å². The molecule has 0 N–H and O–H groups in total. The highest BCUT2D eigenvalue weighted by Crippen LogP contribution is 2.28. The molecule has 1 aliphatic carbocycles. The Morgan fingerprint density at radius 2 is 1.86 bits per heavy atom. The average Bonchev–Trinajstić information content (AvgIpc) is 3.12. The minimum absolute atomic E-state index is 0.373. The third-order valence-electron chi connectivity index (χ3n) is 6.54. The molecule has 2 aromatic rings. The molecular formula is C25H31ClN2O. The van der Waals surface area contributed by atoms with Gasteiger partial charge in [0.15, 0.2) is 0 Å². The molecule has 1 aromatic heterocycles. The van der Waals surface area contributed by atoms with Crippen LogP contribution in [0.4, 0.5) is 0 Å². The standard InChI is InChI=1S/C25H31ClN2O/c26-25(29)23-19-28(24-11-5-4-10-22(23)24)15-7-6-14-27-16-12-21(13-17-27)18-20-8-2-1-3-9-20/h1-5,8,10-11,19-21H,6-7,9,12-18H2. The summed E-state index contributed by atoms with van der Waals surface area (Å²) in [6.07, 6.45) is 18.6. The van der Waals surface area contributed by atoms with E-state index in [0.29, 0.717) is 5.56 Å². The molecule has 0 bridgehead atoms. The number of benzene rings is 1. The van der Waals surface area contributed by atoms with Crippen molar-refractivity contribution in [1.82, 2.24) is 9.47 Å². The maximum Gasteiger partial charge on any atom is 0.254 e. The van der Waals surface area contributed by atoms with Gasteiger partial charge in [0.05, 0.1) is 5.56 Å². The summed E-state index contributed by atoms with van der Waals surface area (Å²) in [5.74, 6) is 1.66. The number of carbonyl (C=O) groups is 1. The van der Waals surface area contributed by atoms with Crippen molar-refractivity contribution in [3.63, 3.8) is 0 Å². The zero-order chi connectivity index (χ0) is 20.1.